The van der Waals surface area contributed by atoms with Gasteiger partial charge in [0.15, 0.2) is 11.5 Å². The first-order valence-corrected chi connectivity index (χ1v) is 12.0. The number of amides is 1. The van der Waals surface area contributed by atoms with Gasteiger partial charge >= 0.3 is 0 Å². The highest BCUT2D eigenvalue weighted by Gasteiger charge is 2.18. The highest BCUT2D eigenvalue weighted by molar-refractivity contribution is 7.92. The molecule has 3 aromatic rings. The van der Waals surface area contributed by atoms with Crippen LogP contribution in [0.1, 0.15) is 5.56 Å². The van der Waals surface area contributed by atoms with Crippen LogP contribution in [0.4, 0.5) is 5.69 Å². The Kier molecular flexibility index (Phi) is 6.31. The summed E-state index contributed by atoms with van der Waals surface area (Å²) >= 11 is 0. The maximum absolute atomic E-state index is 12.8. The predicted molar refractivity (Wildman–Crippen MR) is 120 cm³/mol. The average Bonchev–Trinajstić information content (AvgIpc) is 3.30. The Labute approximate surface area is 186 Å². The molecule has 2 heterocycles. The molecule has 0 atom stereocenters. The summed E-state index contributed by atoms with van der Waals surface area (Å²) in [6.07, 6.45) is 6.56. The van der Waals surface area contributed by atoms with Gasteiger partial charge in [0, 0.05) is 24.1 Å². The zero-order valence-corrected chi connectivity index (χ0v) is 18.4. The van der Waals surface area contributed by atoms with Crippen LogP contribution in [0.2, 0.25) is 0 Å². The fraction of sp³-hybridized carbons (Fsp3) is 0.273. The molecule has 0 spiro atoms. The monoisotopic (exact) mass is 456 g/mol. The van der Waals surface area contributed by atoms with E-state index in [9.17, 15) is 13.2 Å². The molecule has 32 heavy (non-hydrogen) atoms. The minimum absolute atomic E-state index is 0.0499. The smallest absolute Gasteiger partial charge is 0.229 e. The lowest BCUT2D eigenvalue weighted by molar-refractivity contribution is -0.131. The molecule has 0 aliphatic carbocycles. The van der Waals surface area contributed by atoms with Gasteiger partial charge in [0.2, 0.25) is 15.9 Å². The third-order valence-corrected chi connectivity index (χ3v) is 5.54. The minimum Gasteiger partial charge on any atom is -0.488 e. The second-order valence-electron chi connectivity index (χ2n) is 7.43. The zero-order valence-electron chi connectivity index (χ0n) is 17.6. The molecule has 0 radical (unpaired) electrons. The highest BCUT2D eigenvalue weighted by Crippen LogP contribution is 2.30. The maximum Gasteiger partial charge on any atom is 0.229 e. The van der Waals surface area contributed by atoms with Crippen molar-refractivity contribution in [3.8, 4) is 17.2 Å². The van der Waals surface area contributed by atoms with Gasteiger partial charge in [-0.1, -0.05) is 12.1 Å². The molecule has 0 saturated carbocycles. The fourth-order valence-electron chi connectivity index (χ4n) is 3.39. The van der Waals surface area contributed by atoms with Crippen LogP contribution in [-0.2, 0) is 21.2 Å². The van der Waals surface area contributed by atoms with Crippen molar-refractivity contribution in [1.29, 1.82) is 0 Å². The lowest BCUT2D eigenvalue weighted by Crippen LogP contribution is -2.38. The van der Waals surface area contributed by atoms with E-state index in [0.29, 0.717) is 43.5 Å². The van der Waals surface area contributed by atoms with E-state index < -0.39 is 10.0 Å². The average molecular weight is 457 g/mol. The Morgan fingerprint density at radius 2 is 1.78 bits per heavy atom. The predicted octanol–water partition coefficient (Wildman–Crippen LogP) is 2.09. The van der Waals surface area contributed by atoms with E-state index >= 15 is 0 Å². The molecule has 1 aromatic heterocycles. The summed E-state index contributed by atoms with van der Waals surface area (Å²) in [4.78, 5) is 18.6. The van der Waals surface area contributed by atoms with Crippen LogP contribution < -0.4 is 14.2 Å². The van der Waals surface area contributed by atoms with Crippen molar-refractivity contribution in [3.05, 3.63) is 66.7 Å². The van der Waals surface area contributed by atoms with Crippen molar-refractivity contribution < 1.29 is 22.7 Å². The van der Waals surface area contributed by atoms with Gasteiger partial charge in [-0.3, -0.25) is 9.52 Å². The van der Waals surface area contributed by atoms with Gasteiger partial charge < -0.3 is 18.9 Å². The van der Waals surface area contributed by atoms with Gasteiger partial charge in [-0.25, -0.2) is 13.4 Å². The Hall–Kier alpha value is -3.53. The number of aromatic nitrogens is 2. The third-order valence-electron chi connectivity index (χ3n) is 4.93. The molecule has 1 N–H and O–H groups in total. The summed E-state index contributed by atoms with van der Waals surface area (Å²) in [5, 5.41) is 0. The molecule has 168 valence electrons. The highest BCUT2D eigenvalue weighted by atomic mass is 32.2. The van der Waals surface area contributed by atoms with Gasteiger partial charge in [-0.15, -0.1) is 0 Å². The van der Waals surface area contributed by atoms with E-state index in [1.165, 1.54) is 0 Å². The van der Waals surface area contributed by atoms with Crippen LogP contribution in [0.3, 0.4) is 0 Å². The van der Waals surface area contributed by atoms with E-state index in [-0.39, 0.29) is 12.3 Å². The Morgan fingerprint density at radius 1 is 1.06 bits per heavy atom. The molecule has 4 rings (SSSR count). The first-order chi connectivity index (χ1) is 15.4. The van der Waals surface area contributed by atoms with Gasteiger partial charge in [0.25, 0.3) is 0 Å². The van der Waals surface area contributed by atoms with Crippen LogP contribution in [-0.4, -0.2) is 61.3 Å². The van der Waals surface area contributed by atoms with Crippen molar-refractivity contribution in [2.45, 2.75) is 6.42 Å². The Bertz CT molecular complexity index is 1180. The van der Waals surface area contributed by atoms with Gasteiger partial charge in [0.1, 0.15) is 13.2 Å². The third kappa shape index (κ3) is 5.58. The quantitative estimate of drug-likeness (QED) is 0.631. The normalized spacial score (nSPS) is 14.2. The second kappa shape index (κ2) is 9.31. The summed E-state index contributed by atoms with van der Waals surface area (Å²) in [5.41, 5.74) is 2.16. The van der Waals surface area contributed by atoms with Crippen molar-refractivity contribution >= 4 is 21.6 Å². The summed E-state index contributed by atoms with van der Waals surface area (Å²) in [5.74, 6) is 1.21. The zero-order chi connectivity index (χ0) is 22.6. The van der Waals surface area contributed by atoms with E-state index in [4.69, 9.17) is 9.47 Å². The number of ether oxygens (including phenoxy) is 2. The number of rotatable bonds is 5. The van der Waals surface area contributed by atoms with Gasteiger partial charge in [0.05, 0.1) is 37.8 Å². The van der Waals surface area contributed by atoms with E-state index in [0.717, 1.165) is 17.5 Å². The van der Waals surface area contributed by atoms with Gasteiger partial charge in [-0.2, -0.15) is 0 Å². The molecule has 0 bridgehead atoms. The number of nitrogens with one attached hydrogen (secondary N) is 1. The van der Waals surface area contributed by atoms with Crippen LogP contribution in [0, 0.1) is 0 Å². The molecule has 0 fully saturated rings. The molecule has 0 unspecified atom stereocenters. The first kappa shape index (κ1) is 21.7. The fourth-order valence-corrected chi connectivity index (χ4v) is 3.95. The second-order valence-corrected chi connectivity index (χ2v) is 9.18. The van der Waals surface area contributed by atoms with Crippen LogP contribution in [0.5, 0.6) is 11.5 Å². The van der Waals surface area contributed by atoms with Crippen LogP contribution >= 0.6 is 0 Å². The summed E-state index contributed by atoms with van der Waals surface area (Å²) < 4.78 is 38.7. The molecule has 9 nitrogen and oxygen atoms in total. The lowest BCUT2D eigenvalue weighted by Gasteiger charge is -2.21. The number of nitrogens with zero attached hydrogens (tertiary/aromatic N) is 3. The Morgan fingerprint density at radius 3 is 2.44 bits per heavy atom. The number of imidazole rings is 1. The number of hydrogen-bond donors (Lipinski definition) is 1. The topological polar surface area (TPSA) is 103 Å². The molecule has 1 aliphatic rings. The van der Waals surface area contributed by atoms with Crippen molar-refractivity contribution in [3.63, 3.8) is 0 Å². The van der Waals surface area contributed by atoms with Crippen molar-refractivity contribution in [2.24, 2.45) is 0 Å². The SMILES string of the molecule is CS(=O)(=O)Nc1ccc(CC(=O)N2CCOc3ccc(-n4ccnc4)cc3OCC2)cc1. The molecule has 1 amide bonds. The van der Waals surface area contributed by atoms with E-state index in [1.807, 2.05) is 29.0 Å². The van der Waals surface area contributed by atoms with Crippen LogP contribution in [0.15, 0.2) is 61.2 Å². The molecule has 1 aliphatic heterocycles. The Balaban J connectivity index is 1.38. The summed E-state index contributed by atoms with van der Waals surface area (Å²) in [6, 6.07) is 12.4. The first-order valence-electron chi connectivity index (χ1n) is 10.1. The number of benzene rings is 2. The van der Waals surface area contributed by atoms with Crippen molar-refractivity contribution in [2.75, 3.05) is 37.3 Å². The van der Waals surface area contributed by atoms with Gasteiger partial charge in [-0.05, 0) is 29.8 Å². The number of anilines is 1. The minimum atomic E-state index is -3.34. The van der Waals surface area contributed by atoms with Crippen LogP contribution in [0.25, 0.3) is 5.69 Å². The van der Waals surface area contributed by atoms with Crippen molar-refractivity contribution in [1.82, 2.24) is 14.5 Å². The molecular formula is C22H24N4O5S. The molecule has 0 saturated heterocycles. The molecule has 10 heteroatoms. The lowest BCUT2D eigenvalue weighted by atomic mass is 10.1. The number of hydrogen-bond acceptors (Lipinski definition) is 6. The number of fused-ring (bicyclic) bond motifs is 1. The van der Waals surface area contributed by atoms with E-state index in [1.54, 1.807) is 41.7 Å². The summed E-state index contributed by atoms with van der Waals surface area (Å²) in [7, 11) is -3.34. The maximum atomic E-state index is 12.8. The van der Waals surface area contributed by atoms with E-state index in [2.05, 4.69) is 9.71 Å². The standard InChI is InChI=1S/C22H24N4O5S/c1-32(28,29)24-18-4-2-17(3-5-18)14-22(27)25-10-12-30-20-7-6-19(26-9-8-23-16-26)15-21(20)31-13-11-25/h2-9,15-16,24H,10-14H2,1H3. The number of sulfonamides is 1. The largest absolute Gasteiger partial charge is 0.488 e. The summed E-state index contributed by atoms with van der Waals surface area (Å²) in [6.45, 7) is 1.57. The number of carbonyl (C=O) groups excluding carboxylic acids is 1. The number of carbonyl (C=O) groups is 1. The molecular weight excluding hydrogens is 432 g/mol. The molecule has 2 aromatic carbocycles.